The molecule has 0 spiro atoms. The Hall–Kier alpha value is -1.29. The first kappa shape index (κ1) is 9.27. The molecule has 0 aliphatic carbocycles. The predicted molar refractivity (Wildman–Crippen MR) is 55.6 cm³/mol. The van der Waals surface area contributed by atoms with Crippen molar-refractivity contribution in [2.45, 2.75) is 4.90 Å². The number of para-hydroxylation sites is 1. The summed E-state index contributed by atoms with van der Waals surface area (Å²) in [6.45, 7) is 0.149. The third kappa shape index (κ3) is 1.53. The van der Waals surface area contributed by atoms with E-state index in [1.165, 1.54) is 16.7 Å². The predicted octanol–water partition coefficient (Wildman–Crippen LogP) is 1.32. The van der Waals surface area contributed by atoms with Crippen LogP contribution in [0.25, 0.3) is 0 Å². The van der Waals surface area contributed by atoms with Gasteiger partial charge in [0, 0.05) is 4.90 Å². The van der Waals surface area contributed by atoms with Crippen LogP contribution in [0.15, 0.2) is 29.2 Å². The van der Waals surface area contributed by atoms with Gasteiger partial charge in [0.05, 0.1) is 18.0 Å². The summed E-state index contributed by atoms with van der Waals surface area (Å²) < 4.78 is 0. The monoisotopic (exact) mass is 207 g/mol. The summed E-state index contributed by atoms with van der Waals surface area (Å²) in [4.78, 5) is 24.5. The van der Waals surface area contributed by atoms with E-state index >= 15 is 0 Å². The van der Waals surface area contributed by atoms with E-state index in [1.807, 2.05) is 24.3 Å². The number of benzene rings is 1. The molecule has 0 radical (unpaired) electrons. The van der Waals surface area contributed by atoms with Crippen molar-refractivity contribution >= 4 is 29.6 Å². The van der Waals surface area contributed by atoms with Crippen LogP contribution in [0.2, 0.25) is 0 Å². The van der Waals surface area contributed by atoms with Gasteiger partial charge in [-0.1, -0.05) is 12.1 Å². The van der Waals surface area contributed by atoms with Crippen molar-refractivity contribution in [3.63, 3.8) is 0 Å². The van der Waals surface area contributed by atoms with Crippen molar-refractivity contribution in [1.82, 2.24) is 0 Å². The van der Waals surface area contributed by atoms with Gasteiger partial charge in [0.25, 0.3) is 0 Å². The number of anilines is 1. The summed E-state index contributed by atoms with van der Waals surface area (Å²) in [5, 5.41) is 0. The SMILES string of the molecule is O=CCN1C(=O)CSc2ccccc21. The highest BCUT2D eigenvalue weighted by molar-refractivity contribution is 8.00. The van der Waals surface area contributed by atoms with Crippen LogP contribution in [0.3, 0.4) is 0 Å². The molecule has 0 saturated carbocycles. The maximum Gasteiger partial charge on any atom is 0.237 e. The highest BCUT2D eigenvalue weighted by atomic mass is 32.2. The Balaban J connectivity index is 2.40. The third-order valence-electron chi connectivity index (χ3n) is 2.07. The fourth-order valence-corrected chi connectivity index (χ4v) is 2.36. The summed E-state index contributed by atoms with van der Waals surface area (Å²) >= 11 is 1.52. The number of fused-ring (bicyclic) bond motifs is 1. The van der Waals surface area contributed by atoms with Crippen molar-refractivity contribution in [3.8, 4) is 0 Å². The Morgan fingerprint density at radius 1 is 1.43 bits per heavy atom. The van der Waals surface area contributed by atoms with Gasteiger partial charge in [-0.3, -0.25) is 4.79 Å². The molecule has 0 aromatic heterocycles. The number of carbonyl (C=O) groups excluding carboxylic acids is 2. The van der Waals surface area contributed by atoms with Crippen LogP contribution in [-0.2, 0) is 9.59 Å². The molecule has 1 aliphatic heterocycles. The van der Waals surface area contributed by atoms with Crippen molar-refractivity contribution in [3.05, 3.63) is 24.3 Å². The zero-order valence-electron chi connectivity index (χ0n) is 7.47. The Kier molecular flexibility index (Phi) is 2.54. The van der Waals surface area contributed by atoms with E-state index in [4.69, 9.17) is 0 Å². The van der Waals surface area contributed by atoms with Gasteiger partial charge in [-0.2, -0.15) is 0 Å². The number of hydrogen-bond donors (Lipinski definition) is 0. The number of aldehydes is 1. The van der Waals surface area contributed by atoms with Crippen molar-refractivity contribution < 1.29 is 9.59 Å². The van der Waals surface area contributed by atoms with E-state index < -0.39 is 0 Å². The zero-order valence-corrected chi connectivity index (χ0v) is 8.29. The molecule has 3 nitrogen and oxygen atoms in total. The van der Waals surface area contributed by atoms with Gasteiger partial charge >= 0.3 is 0 Å². The third-order valence-corrected chi connectivity index (χ3v) is 3.11. The second-order valence-corrected chi connectivity index (χ2v) is 3.94. The molecular weight excluding hydrogens is 198 g/mol. The van der Waals surface area contributed by atoms with E-state index in [9.17, 15) is 9.59 Å². The number of carbonyl (C=O) groups is 2. The molecule has 0 bridgehead atoms. The Bertz CT molecular complexity index is 378. The average molecular weight is 207 g/mol. The van der Waals surface area contributed by atoms with Gasteiger partial charge in [0.1, 0.15) is 6.29 Å². The summed E-state index contributed by atoms with van der Waals surface area (Å²) in [7, 11) is 0. The van der Waals surface area contributed by atoms with E-state index in [2.05, 4.69) is 0 Å². The molecule has 1 aliphatic rings. The molecule has 0 atom stereocenters. The molecule has 2 rings (SSSR count). The maximum atomic E-state index is 11.5. The minimum atomic E-state index is 0.000741. The quantitative estimate of drug-likeness (QED) is 0.686. The summed E-state index contributed by atoms with van der Waals surface area (Å²) in [5.74, 6) is 0.422. The first-order chi connectivity index (χ1) is 6.83. The molecular formula is C10H9NO2S. The minimum Gasteiger partial charge on any atom is -0.303 e. The Labute approximate surface area is 86.1 Å². The molecule has 4 heteroatoms. The topological polar surface area (TPSA) is 37.4 Å². The van der Waals surface area contributed by atoms with Crippen LogP contribution in [-0.4, -0.2) is 24.5 Å². The van der Waals surface area contributed by atoms with Crippen molar-refractivity contribution in [2.24, 2.45) is 0 Å². The Morgan fingerprint density at radius 2 is 2.21 bits per heavy atom. The number of thioether (sulfide) groups is 1. The summed E-state index contributed by atoms with van der Waals surface area (Å²) in [6.07, 6.45) is 0.755. The van der Waals surface area contributed by atoms with E-state index in [0.717, 1.165) is 16.9 Å². The molecule has 14 heavy (non-hydrogen) atoms. The highest BCUT2D eigenvalue weighted by Crippen LogP contribution is 2.34. The molecule has 0 saturated heterocycles. The molecule has 1 heterocycles. The van der Waals surface area contributed by atoms with Crippen LogP contribution in [0.1, 0.15) is 0 Å². The van der Waals surface area contributed by atoms with Crippen LogP contribution in [0.5, 0.6) is 0 Å². The lowest BCUT2D eigenvalue weighted by molar-refractivity contribution is -0.117. The minimum absolute atomic E-state index is 0.000741. The number of rotatable bonds is 2. The van der Waals surface area contributed by atoms with Crippen molar-refractivity contribution in [2.75, 3.05) is 17.2 Å². The number of nitrogens with zero attached hydrogens (tertiary/aromatic N) is 1. The standard InChI is InChI=1S/C10H9NO2S/c12-6-5-11-8-3-1-2-4-9(8)14-7-10(11)13/h1-4,6H,5,7H2. The molecule has 0 fully saturated rings. The lowest BCUT2D eigenvalue weighted by atomic mass is 10.2. The summed E-state index contributed by atoms with van der Waals surface area (Å²) in [5.41, 5.74) is 0.848. The average Bonchev–Trinajstić information content (AvgIpc) is 2.23. The lowest BCUT2D eigenvalue weighted by Gasteiger charge is -2.26. The van der Waals surface area contributed by atoms with Gasteiger partial charge in [0.15, 0.2) is 0 Å². The second-order valence-electron chi connectivity index (χ2n) is 2.93. The first-order valence-corrected chi connectivity index (χ1v) is 5.27. The van der Waals surface area contributed by atoms with E-state index in [0.29, 0.717) is 5.75 Å². The van der Waals surface area contributed by atoms with Gasteiger partial charge < -0.3 is 9.69 Å². The second kappa shape index (κ2) is 3.84. The number of hydrogen-bond acceptors (Lipinski definition) is 3. The normalized spacial score (nSPS) is 15.1. The van der Waals surface area contributed by atoms with Gasteiger partial charge in [-0.15, -0.1) is 11.8 Å². The molecule has 1 amide bonds. The fraction of sp³-hybridized carbons (Fsp3) is 0.200. The zero-order chi connectivity index (χ0) is 9.97. The fourth-order valence-electron chi connectivity index (χ4n) is 1.43. The lowest BCUT2D eigenvalue weighted by Crippen LogP contribution is -2.36. The maximum absolute atomic E-state index is 11.5. The highest BCUT2D eigenvalue weighted by Gasteiger charge is 2.23. The van der Waals surface area contributed by atoms with E-state index in [-0.39, 0.29) is 12.5 Å². The Morgan fingerprint density at radius 3 is 3.00 bits per heavy atom. The molecule has 0 N–H and O–H groups in total. The largest absolute Gasteiger partial charge is 0.303 e. The van der Waals surface area contributed by atoms with Crippen LogP contribution >= 0.6 is 11.8 Å². The van der Waals surface area contributed by atoms with Crippen molar-refractivity contribution in [1.29, 1.82) is 0 Å². The smallest absolute Gasteiger partial charge is 0.237 e. The molecule has 0 unspecified atom stereocenters. The van der Waals surface area contributed by atoms with Crippen LogP contribution in [0, 0.1) is 0 Å². The molecule has 72 valence electrons. The van der Waals surface area contributed by atoms with Crippen LogP contribution < -0.4 is 4.90 Å². The van der Waals surface area contributed by atoms with Crippen LogP contribution in [0.4, 0.5) is 5.69 Å². The van der Waals surface area contributed by atoms with Gasteiger partial charge in [-0.05, 0) is 12.1 Å². The molecule has 1 aromatic carbocycles. The molecule has 1 aromatic rings. The van der Waals surface area contributed by atoms with Gasteiger partial charge in [0.2, 0.25) is 5.91 Å². The number of amides is 1. The summed E-state index contributed by atoms with van der Waals surface area (Å²) in [6, 6.07) is 7.63. The first-order valence-electron chi connectivity index (χ1n) is 4.29. The van der Waals surface area contributed by atoms with E-state index in [1.54, 1.807) is 0 Å². The van der Waals surface area contributed by atoms with Gasteiger partial charge in [-0.25, -0.2) is 0 Å².